The maximum atomic E-state index is 12.8. The number of hydrogen-bond acceptors (Lipinski definition) is 6. The molecule has 9 nitrogen and oxygen atoms in total. The molecule has 0 unspecified atom stereocenters. The van der Waals surface area contributed by atoms with E-state index in [4.69, 9.17) is 4.74 Å². The van der Waals surface area contributed by atoms with Crippen molar-refractivity contribution in [3.05, 3.63) is 29.3 Å². The Balaban J connectivity index is 1.37. The highest BCUT2D eigenvalue weighted by atomic mass is 16.5. The zero-order valence-corrected chi connectivity index (χ0v) is 16.8. The van der Waals surface area contributed by atoms with Crippen molar-refractivity contribution in [1.29, 1.82) is 0 Å². The van der Waals surface area contributed by atoms with Gasteiger partial charge in [-0.25, -0.2) is 0 Å². The van der Waals surface area contributed by atoms with Gasteiger partial charge in [0.2, 0.25) is 5.91 Å². The van der Waals surface area contributed by atoms with Gasteiger partial charge in [-0.15, -0.1) is 5.10 Å². The standard InChI is InChI=1S/C19H29N7O2/c1-23-8-5-16(21-23)11-18(27)26-12-15(19-17(13-26)20-22-24(19)2)14-28-10-9-25-6-3-4-7-25/h5,8,15H,3-4,6-7,9-14H2,1-2H3/t15-/m1/s1. The Morgan fingerprint density at radius 3 is 2.86 bits per heavy atom. The number of aryl methyl sites for hydroxylation is 2. The lowest BCUT2D eigenvalue weighted by Crippen LogP contribution is -2.41. The van der Waals surface area contributed by atoms with E-state index in [1.54, 1.807) is 4.68 Å². The van der Waals surface area contributed by atoms with Gasteiger partial charge in [0, 0.05) is 39.3 Å². The van der Waals surface area contributed by atoms with E-state index in [-0.39, 0.29) is 11.8 Å². The Morgan fingerprint density at radius 1 is 1.29 bits per heavy atom. The summed E-state index contributed by atoms with van der Waals surface area (Å²) in [6.07, 6.45) is 4.75. The smallest absolute Gasteiger partial charge is 0.229 e. The molecule has 0 aliphatic carbocycles. The number of amides is 1. The average Bonchev–Trinajstić information content (AvgIpc) is 3.41. The third-order valence-electron chi connectivity index (χ3n) is 5.64. The summed E-state index contributed by atoms with van der Waals surface area (Å²) in [5.41, 5.74) is 2.75. The van der Waals surface area contributed by atoms with Crippen LogP contribution in [0.3, 0.4) is 0 Å². The lowest BCUT2D eigenvalue weighted by molar-refractivity contribution is -0.132. The van der Waals surface area contributed by atoms with Gasteiger partial charge < -0.3 is 14.5 Å². The van der Waals surface area contributed by atoms with E-state index in [0.717, 1.165) is 30.2 Å². The average molecular weight is 387 g/mol. The van der Waals surface area contributed by atoms with Crippen LogP contribution in [0.2, 0.25) is 0 Å². The van der Waals surface area contributed by atoms with E-state index in [1.165, 1.54) is 25.9 Å². The topological polar surface area (TPSA) is 81.3 Å². The summed E-state index contributed by atoms with van der Waals surface area (Å²) in [6.45, 7) is 5.76. The molecule has 0 N–H and O–H groups in total. The molecule has 0 radical (unpaired) electrons. The highest BCUT2D eigenvalue weighted by Crippen LogP contribution is 2.27. The molecule has 2 aromatic heterocycles. The highest BCUT2D eigenvalue weighted by molar-refractivity contribution is 5.78. The van der Waals surface area contributed by atoms with Crippen LogP contribution in [0.4, 0.5) is 0 Å². The predicted molar refractivity (Wildman–Crippen MR) is 103 cm³/mol. The molecule has 9 heteroatoms. The van der Waals surface area contributed by atoms with Crippen LogP contribution >= 0.6 is 0 Å². The summed E-state index contributed by atoms with van der Waals surface area (Å²) in [6, 6.07) is 1.88. The molecule has 28 heavy (non-hydrogen) atoms. The zero-order chi connectivity index (χ0) is 19.5. The van der Waals surface area contributed by atoms with Gasteiger partial charge in [-0.3, -0.25) is 14.2 Å². The van der Waals surface area contributed by atoms with Crippen LogP contribution in [0.15, 0.2) is 12.3 Å². The van der Waals surface area contributed by atoms with Gasteiger partial charge in [0.1, 0.15) is 5.69 Å². The largest absolute Gasteiger partial charge is 0.379 e. The Morgan fingerprint density at radius 2 is 2.11 bits per heavy atom. The third-order valence-corrected chi connectivity index (χ3v) is 5.64. The van der Waals surface area contributed by atoms with E-state index in [0.29, 0.717) is 26.1 Å². The number of carbonyl (C=O) groups excluding carboxylic acids is 1. The molecule has 0 bridgehead atoms. The molecule has 1 atom stereocenters. The number of rotatable bonds is 7. The van der Waals surface area contributed by atoms with Crippen molar-refractivity contribution < 1.29 is 9.53 Å². The van der Waals surface area contributed by atoms with Gasteiger partial charge in [0.15, 0.2) is 0 Å². The number of carbonyl (C=O) groups is 1. The van der Waals surface area contributed by atoms with Crippen LogP contribution < -0.4 is 0 Å². The molecular formula is C19H29N7O2. The van der Waals surface area contributed by atoms with E-state index in [9.17, 15) is 4.79 Å². The first-order valence-corrected chi connectivity index (χ1v) is 10.0. The number of aromatic nitrogens is 5. The molecule has 2 aliphatic rings. The molecule has 1 fully saturated rings. The van der Waals surface area contributed by atoms with Gasteiger partial charge >= 0.3 is 0 Å². The summed E-state index contributed by atoms with van der Waals surface area (Å²) in [4.78, 5) is 17.1. The summed E-state index contributed by atoms with van der Waals surface area (Å²) in [7, 11) is 3.77. The molecule has 2 aliphatic heterocycles. The Bertz CT molecular complexity index is 809. The first kappa shape index (κ1) is 19.1. The second kappa shape index (κ2) is 8.40. The Hall–Kier alpha value is -2.26. The van der Waals surface area contributed by atoms with Crippen molar-refractivity contribution in [1.82, 2.24) is 34.6 Å². The monoisotopic (exact) mass is 387 g/mol. The van der Waals surface area contributed by atoms with E-state index in [2.05, 4.69) is 20.3 Å². The Kier molecular flexibility index (Phi) is 5.72. The van der Waals surface area contributed by atoms with Crippen LogP contribution in [0.1, 0.15) is 35.8 Å². The molecule has 1 saturated heterocycles. The maximum absolute atomic E-state index is 12.8. The number of nitrogens with zero attached hydrogens (tertiary/aromatic N) is 7. The quantitative estimate of drug-likeness (QED) is 0.637. The van der Waals surface area contributed by atoms with Crippen LogP contribution in [-0.2, 0) is 36.6 Å². The van der Waals surface area contributed by atoms with Gasteiger partial charge in [-0.2, -0.15) is 5.10 Å². The van der Waals surface area contributed by atoms with Gasteiger partial charge in [0.05, 0.1) is 37.6 Å². The maximum Gasteiger partial charge on any atom is 0.229 e. The number of fused-ring (bicyclic) bond motifs is 1. The molecule has 0 saturated carbocycles. The SMILES string of the molecule is Cn1ccc(CC(=O)N2Cc3nnn(C)c3[C@@H](COCCN3CCCC3)C2)n1. The second-order valence-corrected chi connectivity index (χ2v) is 7.80. The first-order valence-electron chi connectivity index (χ1n) is 10.0. The molecule has 2 aromatic rings. The van der Waals surface area contributed by atoms with Crippen LogP contribution in [-0.4, -0.2) is 79.9 Å². The summed E-state index contributed by atoms with van der Waals surface area (Å²) >= 11 is 0. The van der Waals surface area contributed by atoms with Crippen LogP contribution in [0.5, 0.6) is 0 Å². The minimum absolute atomic E-state index is 0.0667. The molecule has 4 heterocycles. The van der Waals surface area contributed by atoms with E-state index in [1.807, 2.05) is 35.9 Å². The number of likely N-dealkylation sites (tertiary alicyclic amines) is 1. The van der Waals surface area contributed by atoms with Gasteiger partial charge in [0.25, 0.3) is 0 Å². The number of hydrogen-bond donors (Lipinski definition) is 0. The summed E-state index contributed by atoms with van der Waals surface area (Å²) in [5.74, 6) is 0.159. The van der Waals surface area contributed by atoms with Gasteiger partial charge in [-0.05, 0) is 32.0 Å². The fraction of sp³-hybridized carbons (Fsp3) is 0.684. The normalized spacial score (nSPS) is 19.9. The molecular weight excluding hydrogens is 358 g/mol. The fourth-order valence-corrected chi connectivity index (χ4v) is 4.19. The highest BCUT2D eigenvalue weighted by Gasteiger charge is 2.32. The molecule has 4 rings (SSSR count). The zero-order valence-electron chi connectivity index (χ0n) is 16.8. The Labute approximate surface area is 165 Å². The molecule has 0 spiro atoms. The lowest BCUT2D eigenvalue weighted by atomic mass is 9.98. The summed E-state index contributed by atoms with van der Waals surface area (Å²) < 4.78 is 9.54. The van der Waals surface area contributed by atoms with E-state index < -0.39 is 0 Å². The lowest BCUT2D eigenvalue weighted by Gasteiger charge is -2.32. The fourth-order valence-electron chi connectivity index (χ4n) is 4.19. The molecule has 1 amide bonds. The minimum atomic E-state index is 0.0667. The second-order valence-electron chi connectivity index (χ2n) is 7.80. The predicted octanol–water partition coefficient (Wildman–Crippen LogP) is 0.330. The minimum Gasteiger partial charge on any atom is -0.379 e. The van der Waals surface area contributed by atoms with Crippen molar-refractivity contribution in [2.45, 2.75) is 31.7 Å². The first-order chi connectivity index (χ1) is 13.6. The van der Waals surface area contributed by atoms with E-state index >= 15 is 0 Å². The summed E-state index contributed by atoms with van der Waals surface area (Å²) in [5, 5.41) is 12.8. The van der Waals surface area contributed by atoms with Crippen LogP contribution in [0.25, 0.3) is 0 Å². The van der Waals surface area contributed by atoms with Crippen molar-refractivity contribution in [2.75, 3.05) is 39.4 Å². The number of ether oxygens (including phenoxy) is 1. The van der Waals surface area contributed by atoms with Gasteiger partial charge in [-0.1, -0.05) is 5.21 Å². The molecule has 152 valence electrons. The van der Waals surface area contributed by atoms with Crippen molar-refractivity contribution in [2.24, 2.45) is 14.1 Å². The van der Waals surface area contributed by atoms with Crippen LogP contribution in [0, 0.1) is 0 Å². The van der Waals surface area contributed by atoms with Crippen molar-refractivity contribution in [3.63, 3.8) is 0 Å². The third kappa shape index (κ3) is 4.25. The van der Waals surface area contributed by atoms with Crippen molar-refractivity contribution in [3.8, 4) is 0 Å². The molecule has 0 aromatic carbocycles. The van der Waals surface area contributed by atoms with Crippen molar-refractivity contribution >= 4 is 5.91 Å².